The minimum atomic E-state index is 0.404. The van der Waals surface area contributed by atoms with Crippen LogP contribution in [0.3, 0.4) is 0 Å². The Bertz CT molecular complexity index is 437. The molecule has 2 aromatic rings. The summed E-state index contributed by atoms with van der Waals surface area (Å²) in [6.07, 6.45) is 2.93. The standard InChI is InChI=1S/C13H16N2S/c1-3-12(13-5-4-8-16-13)15-11-6-7-14-10(2)9-11/h4-9,12H,3H2,1-2H3,(H,14,15). The first-order valence-electron chi connectivity index (χ1n) is 5.52. The SMILES string of the molecule is CCC(Nc1ccnc(C)c1)c1cccs1. The highest BCUT2D eigenvalue weighted by Crippen LogP contribution is 2.25. The van der Waals surface area contributed by atoms with E-state index in [0.717, 1.165) is 17.8 Å². The van der Waals surface area contributed by atoms with Gasteiger partial charge in [0.1, 0.15) is 0 Å². The number of hydrogen-bond donors (Lipinski definition) is 1. The van der Waals surface area contributed by atoms with Crippen LogP contribution >= 0.6 is 11.3 Å². The molecular weight excluding hydrogens is 216 g/mol. The van der Waals surface area contributed by atoms with Crippen molar-refractivity contribution in [2.24, 2.45) is 0 Å². The van der Waals surface area contributed by atoms with Gasteiger partial charge in [-0.3, -0.25) is 4.98 Å². The fraction of sp³-hybridized carbons (Fsp3) is 0.308. The second kappa shape index (κ2) is 5.12. The molecule has 1 unspecified atom stereocenters. The summed E-state index contributed by atoms with van der Waals surface area (Å²) in [5.41, 5.74) is 2.19. The molecule has 2 nitrogen and oxygen atoms in total. The topological polar surface area (TPSA) is 24.9 Å². The van der Waals surface area contributed by atoms with Gasteiger partial charge in [-0.1, -0.05) is 13.0 Å². The molecule has 0 saturated carbocycles. The number of nitrogens with one attached hydrogen (secondary N) is 1. The predicted octanol–water partition coefficient (Wildman–Crippen LogP) is 4.01. The van der Waals surface area contributed by atoms with Crippen LogP contribution in [0.15, 0.2) is 35.8 Å². The van der Waals surface area contributed by atoms with E-state index in [2.05, 4.69) is 40.8 Å². The number of hydrogen-bond acceptors (Lipinski definition) is 3. The highest BCUT2D eigenvalue weighted by atomic mass is 32.1. The molecule has 0 fully saturated rings. The summed E-state index contributed by atoms with van der Waals surface area (Å²) < 4.78 is 0. The summed E-state index contributed by atoms with van der Waals surface area (Å²) in [6, 6.07) is 8.78. The normalized spacial score (nSPS) is 12.4. The van der Waals surface area contributed by atoms with Crippen LogP contribution in [0.4, 0.5) is 5.69 Å². The van der Waals surface area contributed by atoms with Crippen LogP contribution in [-0.2, 0) is 0 Å². The van der Waals surface area contributed by atoms with Crippen molar-refractivity contribution in [3.63, 3.8) is 0 Å². The molecular formula is C13H16N2S. The van der Waals surface area contributed by atoms with Gasteiger partial charge >= 0.3 is 0 Å². The van der Waals surface area contributed by atoms with Crippen molar-refractivity contribution in [2.45, 2.75) is 26.3 Å². The Balaban J connectivity index is 2.13. The molecule has 1 atom stereocenters. The van der Waals surface area contributed by atoms with Gasteiger partial charge in [-0.2, -0.15) is 0 Å². The lowest BCUT2D eigenvalue weighted by atomic mass is 10.2. The molecule has 0 aliphatic carbocycles. The fourth-order valence-electron chi connectivity index (χ4n) is 1.70. The molecule has 1 N–H and O–H groups in total. The summed E-state index contributed by atoms with van der Waals surface area (Å²) >= 11 is 1.80. The maximum Gasteiger partial charge on any atom is 0.0604 e. The van der Waals surface area contributed by atoms with Crippen molar-refractivity contribution in [3.05, 3.63) is 46.4 Å². The molecule has 0 bridgehead atoms. The first-order chi connectivity index (χ1) is 7.79. The summed E-state index contributed by atoms with van der Waals surface area (Å²) in [5.74, 6) is 0. The zero-order chi connectivity index (χ0) is 11.4. The Hall–Kier alpha value is -1.35. The van der Waals surface area contributed by atoms with Crippen LogP contribution < -0.4 is 5.32 Å². The van der Waals surface area contributed by atoms with Crippen LogP contribution in [0.2, 0.25) is 0 Å². The van der Waals surface area contributed by atoms with Crippen LogP contribution in [0.5, 0.6) is 0 Å². The molecule has 0 amide bonds. The first-order valence-corrected chi connectivity index (χ1v) is 6.40. The van der Waals surface area contributed by atoms with E-state index >= 15 is 0 Å². The number of nitrogens with zero attached hydrogens (tertiary/aromatic N) is 1. The van der Waals surface area contributed by atoms with Gasteiger partial charge in [0, 0.05) is 22.5 Å². The lowest BCUT2D eigenvalue weighted by Crippen LogP contribution is -2.08. The van der Waals surface area contributed by atoms with Gasteiger partial charge in [0.2, 0.25) is 0 Å². The Morgan fingerprint density at radius 1 is 1.44 bits per heavy atom. The maximum atomic E-state index is 4.20. The molecule has 84 valence electrons. The number of aryl methyl sites for hydroxylation is 1. The van der Waals surface area contributed by atoms with E-state index in [0.29, 0.717) is 6.04 Å². The van der Waals surface area contributed by atoms with Gasteiger partial charge in [-0.25, -0.2) is 0 Å². The van der Waals surface area contributed by atoms with E-state index < -0.39 is 0 Å². The third-order valence-electron chi connectivity index (χ3n) is 2.53. The van der Waals surface area contributed by atoms with E-state index in [1.807, 2.05) is 19.2 Å². The van der Waals surface area contributed by atoms with Gasteiger partial charge in [-0.15, -0.1) is 11.3 Å². The molecule has 2 aromatic heterocycles. The smallest absolute Gasteiger partial charge is 0.0604 e. The number of anilines is 1. The largest absolute Gasteiger partial charge is 0.377 e. The Morgan fingerprint density at radius 2 is 2.31 bits per heavy atom. The Labute approximate surface area is 100 Å². The molecule has 0 aliphatic rings. The molecule has 0 aromatic carbocycles. The molecule has 0 spiro atoms. The molecule has 0 aliphatic heterocycles. The van der Waals surface area contributed by atoms with Gasteiger partial charge < -0.3 is 5.32 Å². The molecule has 0 saturated heterocycles. The molecule has 16 heavy (non-hydrogen) atoms. The van der Waals surface area contributed by atoms with Crippen molar-refractivity contribution in [1.29, 1.82) is 0 Å². The van der Waals surface area contributed by atoms with Gasteiger partial charge in [0.15, 0.2) is 0 Å². The average Bonchev–Trinajstić information content (AvgIpc) is 2.79. The summed E-state index contributed by atoms with van der Waals surface area (Å²) in [5, 5.41) is 5.66. The van der Waals surface area contributed by atoms with Crippen molar-refractivity contribution in [2.75, 3.05) is 5.32 Å². The first kappa shape index (κ1) is 11.1. The van der Waals surface area contributed by atoms with Gasteiger partial charge in [0.25, 0.3) is 0 Å². The minimum Gasteiger partial charge on any atom is -0.377 e. The zero-order valence-corrected chi connectivity index (χ0v) is 10.4. The monoisotopic (exact) mass is 232 g/mol. The third kappa shape index (κ3) is 2.61. The number of rotatable bonds is 4. The molecule has 3 heteroatoms. The van der Waals surface area contributed by atoms with E-state index in [-0.39, 0.29) is 0 Å². The average molecular weight is 232 g/mol. The van der Waals surface area contributed by atoms with Crippen molar-refractivity contribution in [1.82, 2.24) is 4.98 Å². The quantitative estimate of drug-likeness (QED) is 0.861. The highest BCUT2D eigenvalue weighted by Gasteiger charge is 2.09. The maximum absolute atomic E-state index is 4.20. The third-order valence-corrected chi connectivity index (χ3v) is 3.52. The number of thiophene rings is 1. The fourth-order valence-corrected chi connectivity index (χ4v) is 2.56. The second-order valence-electron chi connectivity index (χ2n) is 3.81. The number of aromatic nitrogens is 1. The van der Waals surface area contributed by atoms with E-state index in [1.165, 1.54) is 4.88 Å². The molecule has 2 heterocycles. The van der Waals surface area contributed by atoms with Crippen LogP contribution in [-0.4, -0.2) is 4.98 Å². The predicted molar refractivity (Wildman–Crippen MR) is 69.9 cm³/mol. The van der Waals surface area contributed by atoms with Crippen LogP contribution in [0.1, 0.15) is 30.0 Å². The van der Waals surface area contributed by atoms with Crippen LogP contribution in [0, 0.1) is 6.92 Å². The van der Waals surface area contributed by atoms with Crippen molar-refractivity contribution >= 4 is 17.0 Å². The van der Waals surface area contributed by atoms with Crippen LogP contribution in [0.25, 0.3) is 0 Å². The van der Waals surface area contributed by atoms with Gasteiger partial charge in [0.05, 0.1) is 6.04 Å². The Kier molecular flexibility index (Phi) is 3.57. The second-order valence-corrected chi connectivity index (χ2v) is 4.79. The van der Waals surface area contributed by atoms with E-state index in [9.17, 15) is 0 Å². The van der Waals surface area contributed by atoms with Gasteiger partial charge in [-0.05, 0) is 36.9 Å². The summed E-state index contributed by atoms with van der Waals surface area (Å²) in [4.78, 5) is 5.58. The van der Waals surface area contributed by atoms with E-state index in [4.69, 9.17) is 0 Å². The number of pyridine rings is 1. The zero-order valence-electron chi connectivity index (χ0n) is 9.60. The molecule has 2 rings (SSSR count). The molecule has 0 radical (unpaired) electrons. The minimum absolute atomic E-state index is 0.404. The summed E-state index contributed by atoms with van der Waals surface area (Å²) in [7, 11) is 0. The lowest BCUT2D eigenvalue weighted by Gasteiger charge is -2.16. The van der Waals surface area contributed by atoms with Crippen molar-refractivity contribution in [3.8, 4) is 0 Å². The van der Waals surface area contributed by atoms with Crippen molar-refractivity contribution < 1.29 is 0 Å². The highest BCUT2D eigenvalue weighted by molar-refractivity contribution is 7.10. The van der Waals surface area contributed by atoms with E-state index in [1.54, 1.807) is 11.3 Å². The summed E-state index contributed by atoms with van der Waals surface area (Å²) in [6.45, 7) is 4.21. The Morgan fingerprint density at radius 3 is 2.94 bits per heavy atom. The lowest BCUT2D eigenvalue weighted by molar-refractivity contribution is 0.763.